The van der Waals surface area contributed by atoms with E-state index >= 15 is 0 Å². The average molecular weight is 551 g/mol. The Morgan fingerprint density at radius 2 is 1.56 bits per heavy atom. The fourth-order valence-corrected chi connectivity index (χ4v) is 5.96. The van der Waals surface area contributed by atoms with Crippen molar-refractivity contribution in [3.8, 4) is 0 Å². The van der Waals surface area contributed by atoms with Crippen LogP contribution in [0.4, 0.5) is 16.2 Å². The number of carbonyl (C=O) groups is 1. The number of aliphatic hydroxyl groups excluding tert-OH is 1. The number of amides is 2. The maximum Gasteiger partial charge on any atom is 0.326 e. The van der Waals surface area contributed by atoms with Crippen LogP contribution in [0, 0.1) is 5.92 Å². The summed E-state index contributed by atoms with van der Waals surface area (Å²) in [7, 11) is -3.58. The molecular formula is C30H38N4O4S. The number of para-hydroxylation sites is 2. The third-order valence-corrected chi connectivity index (χ3v) is 8.54. The van der Waals surface area contributed by atoms with Crippen molar-refractivity contribution in [1.82, 2.24) is 9.62 Å². The summed E-state index contributed by atoms with van der Waals surface area (Å²) >= 11 is 0. The summed E-state index contributed by atoms with van der Waals surface area (Å²) in [4.78, 5) is 17.6. The van der Waals surface area contributed by atoms with E-state index in [1.165, 1.54) is 0 Å². The van der Waals surface area contributed by atoms with Crippen LogP contribution in [0.15, 0.2) is 89.8 Å². The van der Waals surface area contributed by atoms with E-state index in [1.54, 1.807) is 12.1 Å². The number of sulfonamides is 1. The summed E-state index contributed by atoms with van der Waals surface area (Å²) in [6, 6.07) is 26.2. The molecule has 0 atom stereocenters. The van der Waals surface area contributed by atoms with E-state index in [-0.39, 0.29) is 24.1 Å². The molecule has 1 fully saturated rings. The maximum atomic E-state index is 13.1. The minimum atomic E-state index is -3.58. The Balaban J connectivity index is 1.23. The molecule has 0 radical (unpaired) electrons. The molecule has 0 bridgehead atoms. The van der Waals surface area contributed by atoms with Gasteiger partial charge in [0.2, 0.25) is 10.0 Å². The molecule has 4 rings (SSSR count). The van der Waals surface area contributed by atoms with E-state index in [4.69, 9.17) is 5.11 Å². The number of anilines is 2. The third kappa shape index (κ3) is 8.63. The highest BCUT2D eigenvalue weighted by Gasteiger charge is 2.21. The number of nitrogens with one attached hydrogen (secondary N) is 2. The van der Waals surface area contributed by atoms with Crippen molar-refractivity contribution in [2.45, 2.75) is 30.6 Å². The van der Waals surface area contributed by atoms with E-state index in [9.17, 15) is 13.2 Å². The van der Waals surface area contributed by atoms with Crippen molar-refractivity contribution in [3.63, 3.8) is 0 Å². The second-order valence-electron chi connectivity index (χ2n) is 9.89. The summed E-state index contributed by atoms with van der Waals surface area (Å²) in [5.74, 6) is 0.564. The number of hydrogen-bond acceptors (Lipinski definition) is 5. The molecule has 1 aliphatic rings. The van der Waals surface area contributed by atoms with E-state index in [1.807, 2.05) is 77.7 Å². The molecule has 9 heteroatoms. The van der Waals surface area contributed by atoms with Crippen LogP contribution in [-0.4, -0.2) is 63.8 Å². The molecule has 0 unspecified atom stereocenters. The molecule has 3 aromatic carbocycles. The van der Waals surface area contributed by atoms with Gasteiger partial charge in [0.1, 0.15) is 0 Å². The largest absolute Gasteiger partial charge is 0.395 e. The van der Waals surface area contributed by atoms with Gasteiger partial charge in [0.15, 0.2) is 0 Å². The predicted molar refractivity (Wildman–Crippen MR) is 155 cm³/mol. The summed E-state index contributed by atoms with van der Waals surface area (Å²) in [6.07, 6.45) is 3.99. The summed E-state index contributed by atoms with van der Waals surface area (Å²) in [5.41, 5.74) is 2.80. The van der Waals surface area contributed by atoms with Gasteiger partial charge < -0.3 is 15.3 Å². The number of carbonyl (C=O) groups excluding carboxylic acids is 1. The molecular weight excluding hydrogens is 512 g/mol. The normalized spacial score (nSPS) is 14.7. The van der Waals surface area contributed by atoms with Crippen molar-refractivity contribution >= 4 is 27.4 Å². The number of likely N-dealkylation sites (tertiary alicyclic amines) is 1. The fourth-order valence-electron chi connectivity index (χ4n) is 4.94. The van der Waals surface area contributed by atoms with Gasteiger partial charge in [-0.25, -0.2) is 17.9 Å². The summed E-state index contributed by atoms with van der Waals surface area (Å²) in [6.45, 7) is 3.37. The van der Waals surface area contributed by atoms with Gasteiger partial charge in [-0.2, -0.15) is 0 Å². The highest BCUT2D eigenvalue weighted by Crippen LogP contribution is 2.23. The molecule has 1 heterocycles. The topological polar surface area (TPSA) is 102 Å². The Bertz CT molecular complexity index is 1260. The van der Waals surface area contributed by atoms with Crippen molar-refractivity contribution in [1.29, 1.82) is 0 Å². The van der Waals surface area contributed by atoms with Gasteiger partial charge in [0.05, 0.1) is 11.5 Å². The fraction of sp³-hybridized carbons (Fsp3) is 0.367. The van der Waals surface area contributed by atoms with Crippen LogP contribution in [0.25, 0.3) is 0 Å². The quantitative estimate of drug-likeness (QED) is 0.311. The monoisotopic (exact) mass is 550 g/mol. The second-order valence-corrected chi connectivity index (χ2v) is 11.7. The first-order valence-electron chi connectivity index (χ1n) is 13.5. The number of rotatable bonds is 12. The maximum absolute atomic E-state index is 13.1. The molecule has 39 heavy (non-hydrogen) atoms. The SMILES string of the molecule is O=C(Nc1ccccc1)N(CCCN1CCC(Cc2ccc(S(=O)(=O)NCCO)cc2)CC1)c1ccccc1. The molecule has 2 amide bonds. The van der Waals surface area contributed by atoms with Crippen LogP contribution < -0.4 is 14.9 Å². The lowest BCUT2D eigenvalue weighted by atomic mass is 9.90. The molecule has 0 aromatic heterocycles. The number of nitrogens with zero attached hydrogens (tertiary/aromatic N) is 2. The molecule has 0 aliphatic carbocycles. The lowest BCUT2D eigenvalue weighted by Gasteiger charge is -2.32. The Labute approximate surface area is 231 Å². The molecule has 8 nitrogen and oxygen atoms in total. The highest BCUT2D eigenvalue weighted by molar-refractivity contribution is 7.89. The molecule has 3 aromatic rings. The van der Waals surface area contributed by atoms with E-state index in [0.717, 1.165) is 62.3 Å². The van der Waals surface area contributed by atoms with Gasteiger partial charge in [0.25, 0.3) is 0 Å². The van der Waals surface area contributed by atoms with Crippen molar-refractivity contribution in [2.75, 3.05) is 49.5 Å². The van der Waals surface area contributed by atoms with Gasteiger partial charge in [-0.3, -0.25) is 4.90 Å². The van der Waals surface area contributed by atoms with Gasteiger partial charge in [-0.15, -0.1) is 0 Å². The van der Waals surface area contributed by atoms with Gasteiger partial charge >= 0.3 is 6.03 Å². The second kappa shape index (κ2) is 14.2. The number of urea groups is 1. The molecule has 208 valence electrons. The Kier molecular flexibility index (Phi) is 10.5. The summed E-state index contributed by atoms with van der Waals surface area (Å²) in [5, 5.41) is 11.9. The third-order valence-electron chi connectivity index (χ3n) is 7.06. The Hall–Kier alpha value is -3.24. The zero-order chi connectivity index (χ0) is 27.5. The zero-order valence-electron chi connectivity index (χ0n) is 22.2. The smallest absolute Gasteiger partial charge is 0.326 e. The first-order valence-corrected chi connectivity index (χ1v) is 15.0. The Morgan fingerprint density at radius 1 is 0.923 bits per heavy atom. The van der Waals surface area contributed by atoms with Crippen LogP contribution in [-0.2, 0) is 16.4 Å². The molecule has 3 N–H and O–H groups in total. The lowest BCUT2D eigenvalue weighted by molar-refractivity contribution is 0.183. The van der Waals surface area contributed by atoms with Crippen molar-refractivity contribution in [2.24, 2.45) is 5.92 Å². The van der Waals surface area contributed by atoms with Crippen molar-refractivity contribution in [3.05, 3.63) is 90.5 Å². The van der Waals surface area contributed by atoms with Gasteiger partial charge in [-0.1, -0.05) is 48.5 Å². The van der Waals surface area contributed by atoms with Crippen LogP contribution in [0.1, 0.15) is 24.8 Å². The first kappa shape index (κ1) is 28.8. The number of aliphatic hydroxyl groups is 1. The van der Waals surface area contributed by atoms with Crippen molar-refractivity contribution < 1.29 is 18.3 Å². The average Bonchev–Trinajstić information content (AvgIpc) is 2.96. The van der Waals surface area contributed by atoms with Crippen LogP contribution in [0.3, 0.4) is 0 Å². The Morgan fingerprint density at radius 3 is 2.21 bits per heavy atom. The number of piperidine rings is 1. The van der Waals surface area contributed by atoms with Crippen LogP contribution >= 0.6 is 0 Å². The van der Waals surface area contributed by atoms with Gasteiger partial charge in [-0.05, 0) is 93.2 Å². The molecule has 1 saturated heterocycles. The van der Waals surface area contributed by atoms with Crippen LogP contribution in [0.5, 0.6) is 0 Å². The van der Waals surface area contributed by atoms with E-state index in [2.05, 4.69) is 14.9 Å². The predicted octanol–water partition coefficient (Wildman–Crippen LogP) is 4.34. The van der Waals surface area contributed by atoms with E-state index in [0.29, 0.717) is 12.5 Å². The standard InChI is InChI=1S/C30H38N4O4S/c35-23-18-31-39(37,38)29-14-12-25(13-15-29)24-26-16-21-33(22-17-26)19-7-20-34(28-10-5-2-6-11-28)30(36)32-27-8-3-1-4-9-27/h1-6,8-15,26,31,35H,7,16-24H2,(H,32,36). The van der Waals surface area contributed by atoms with Gasteiger partial charge in [0, 0.05) is 24.5 Å². The first-order chi connectivity index (χ1) is 18.9. The molecule has 0 saturated carbocycles. The number of hydrogen-bond donors (Lipinski definition) is 3. The minimum absolute atomic E-state index is 0.00777. The zero-order valence-corrected chi connectivity index (χ0v) is 23.0. The van der Waals surface area contributed by atoms with E-state index < -0.39 is 10.0 Å². The number of benzene rings is 3. The molecule has 1 aliphatic heterocycles. The highest BCUT2D eigenvalue weighted by atomic mass is 32.2. The summed E-state index contributed by atoms with van der Waals surface area (Å²) < 4.78 is 26.8. The minimum Gasteiger partial charge on any atom is -0.395 e. The molecule has 0 spiro atoms. The lowest BCUT2D eigenvalue weighted by Crippen LogP contribution is -2.39. The van der Waals surface area contributed by atoms with Crippen LogP contribution in [0.2, 0.25) is 0 Å².